The highest BCUT2D eigenvalue weighted by atomic mass is 33.1. The van der Waals surface area contributed by atoms with Crippen molar-refractivity contribution in [1.29, 1.82) is 0 Å². The highest BCUT2D eigenvalue weighted by molar-refractivity contribution is 8.78. The summed E-state index contributed by atoms with van der Waals surface area (Å²) < 4.78 is 16.5. The molecule has 0 aromatic rings. The molecule has 3 rings (SSSR count). The average Bonchev–Trinajstić information content (AvgIpc) is 3.73. The van der Waals surface area contributed by atoms with Crippen LogP contribution in [0, 0.1) is 0 Å². The fraction of sp³-hybridized carbons (Fsp3) is 0.889. The van der Waals surface area contributed by atoms with Gasteiger partial charge < -0.3 is 14.2 Å². The third-order valence-electron chi connectivity index (χ3n) is 6.81. The minimum atomic E-state index is -0.758. The van der Waals surface area contributed by atoms with E-state index in [0.29, 0.717) is 35.0 Å². The number of esters is 3. The van der Waals surface area contributed by atoms with Crippen LogP contribution in [0.1, 0.15) is 96.3 Å². The lowest BCUT2D eigenvalue weighted by molar-refractivity contribution is -0.167. The van der Waals surface area contributed by atoms with Crippen molar-refractivity contribution in [3.8, 4) is 0 Å². The predicted octanol–water partition coefficient (Wildman–Crippen LogP) is 8.13. The summed E-state index contributed by atoms with van der Waals surface area (Å²) in [5.41, 5.74) is 0. The van der Waals surface area contributed by atoms with Crippen LogP contribution in [0.15, 0.2) is 0 Å². The Morgan fingerprint density at radius 1 is 0.564 bits per heavy atom. The lowest BCUT2D eigenvalue weighted by atomic mass is 10.1. The van der Waals surface area contributed by atoms with Crippen LogP contribution >= 0.6 is 64.8 Å². The van der Waals surface area contributed by atoms with E-state index in [-0.39, 0.29) is 31.1 Å². The molecule has 3 heterocycles. The van der Waals surface area contributed by atoms with Crippen molar-refractivity contribution < 1.29 is 28.6 Å². The Morgan fingerprint density at radius 3 is 1.31 bits per heavy atom. The number of carbonyl (C=O) groups is 3. The summed E-state index contributed by atoms with van der Waals surface area (Å²) in [6, 6.07) is 0. The zero-order valence-corrected chi connectivity index (χ0v) is 27.7. The second-order valence-electron chi connectivity index (χ2n) is 10.2. The Morgan fingerprint density at radius 2 is 0.949 bits per heavy atom. The van der Waals surface area contributed by atoms with Gasteiger partial charge in [-0.3, -0.25) is 14.4 Å². The molecular weight excluding hydrogens is 613 g/mol. The molecule has 3 unspecified atom stereocenters. The van der Waals surface area contributed by atoms with Crippen LogP contribution in [0.3, 0.4) is 0 Å². The standard InChI is InChI=1S/C27H44O6S6/c28-25(10-4-1-7-22-13-16-34-37-22)31-19-21(33-27(30)12-6-3-9-24-15-18-36-39-24)20-32-26(29)11-5-2-8-23-14-17-35-38-23/h21-24H,1-20H2. The van der Waals surface area contributed by atoms with Gasteiger partial charge in [-0.15, -0.1) is 0 Å². The molecule has 0 bridgehead atoms. The Balaban J connectivity index is 1.31. The van der Waals surface area contributed by atoms with Crippen LogP contribution in [0.2, 0.25) is 0 Å². The van der Waals surface area contributed by atoms with Gasteiger partial charge in [-0.25, -0.2) is 0 Å². The lowest BCUT2D eigenvalue weighted by Crippen LogP contribution is -2.30. The van der Waals surface area contributed by atoms with E-state index in [0.717, 1.165) is 57.8 Å². The maximum Gasteiger partial charge on any atom is 0.306 e. The largest absolute Gasteiger partial charge is 0.462 e. The van der Waals surface area contributed by atoms with Gasteiger partial charge in [0.2, 0.25) is 0 Å². The number of carbonyl (C=O) groups excluding carboxylic acids is 3. The molecule has 12 heteroatoms. The van der Waals surface area contributed by atoms with E-state index in [9.17, 15) is 14.4 Å². The van der Waals surface area contributed by atoms with Gasteiger partial charge in [0.15, 0.2) is 6.10 Å². The Kier molecular flexibility index (Phi) is 18.5. The van der Waals surface area contributed by atoms with Crippen LogP contribution in [0.4, 0.5) is 0 Å². The maximum atomic E-state index is 12.5. The summed E-state index contributed by atoms with van der Waals surface area (Å²) in [6.07, 6.45) is 12.9. The molecule has 6 nitrogen and oxygen atoms in total. The van der Waals surface area contributed by atoms with E-state index in [1.165, 1.54) is 36.5 Å². The summed E-state index contributed by atoms with van der Waals surface area (Å²) in [4.78, 5) is 37.1. The van der Waals surface area contributed by atoms with E-state index in [1.807, 2.05) is 64.8 Å². The maximum absolute atomic E-state index is 12.5. The Bertz CT molecular complexity index is 671. The third kappa shape index (κ3) is 16.1. The molecule has 3 fully saturated rings. The second kappa shape index (κ2) is 21.2. The van der Waals surface area contributed by atoms with Gasteiger partial charge in [0.05, 0.1) is 0 Å². The highest BCUT2D eigenvalue weighted by Crippen LogP contribution is 2.41. The number of hydrogen-bond donors (Lipinski definition) is 0. The highest BCUT2D eigenvalue weighted by Gasteiger charge is 2.21. The van der Waals surface area contributed by atoms with Crippen LogP contribution in [0.5, 0.6) is 0 Å². The van der Waals surface area contributed by atoms with Crippen LogP contribution < -0.4 is 0 Å². The van der Waals surface area contributed by atoms with Crippen LogP contribution in [0.25, 0.3) is 0 Å². The van der Waals surface area contributed by atoms with E-state index in [4.69, 9.17) is 14.2 Å². The van der Waals surface area contributed by atoms with Gasteiger partial charge >= 0.3 is 17.9 Å². The molecule has 0 saturated carbocycles. The molecule has 0 N–H and O–H groups in total. The number of hydrogen-bond acceptors (Lipinski definition) is 12. The fourth-order valence-electron chi connectivity index (χ4n) is 4.49. The monoisotopic (exact) mass is 656 g/mol. The van der Waals surface area contributed by atoms with Crippen LogP contribution in [-0.2, 0) is 28.6 Å². The SMILES string of the molecule is O=C(CCCCC1CCSS1)OCC(COC(=O)CCCCC1CCSS1)OC(=O)CCCCC1CCSS1. The molecule has 0 aromatic carbocycles. The first-order chi connectivity index (χ1) is 19.1. The van der Waals surface area contributed by atoms with Gasteiger partial charge in [0, 0.05) is 52.3 Å². The van der Waals surface area contributed by atoms with E-state index in [2.05, 4.69) is 0 Å². The summed E-state index contributed by atoms with van der Waals surface area (Å²) in [7, 11) is 11.7. The molecule has 3 saturated heterocycles. The molecule has 0 amide bonds. The van der Waals surface area contributed by atoms with Crippen molar-refractivity contribution in [1.82, 2.24) is 0 Å². The minimum absolute atomic E-state index is 0.0700. The zero-order valence-electron chi connectivity index (χ0n) is 22.9. The molecule has 0 spiro atoms. The van der Waals surface area contributed by atoms with E-state index < -0.39 is 6.10 Å². The van der Waals surface area contributed by atoms with Gasteiger partial charge in [0.1, 0.15) is 13.2 Å². The molecule has 0 aromatic heterocycles. The second-order valence-corrected chi connectivity index (χ2v) is 18.6. The third-order valence-corrected chi connectivity index (χ3v) is 15.8. The molecule has 39 heavy (non-hydrogen) atoms. The molecule has 0 radical (unpaired) electrons. The quantitative estimate of drug-likeness (QED) is 0.0549. The van der Waals surface area contributed by atoms with Crippen molar-refractivity contribution >= 4 is 82.7 Å². The fourth-order valence-corrected chi connectivity index (χ4v) is 13.6. The van der Waals surface area contributed by atoms with Gasteiger partial charge in [-0.1, -0.05) is 84.0 Å². The minimum Gasteiger partial charge on any atom is -0.462 e. The van der Waals surface area contributed by atoms with Crippen molar-refractivity contribution in [3.63, 3.8) is 0 Å². The smallest absolute Gasteiger partial charge is 0.306 e. The predicted molar refractivity (Wildman–Crippen MR) is 173 cm³/mol. The van der Waals surface area contributed by atoms with Crippen molar-refractivity contribution in [2.45, 2.75) is 118 Å². The first-order valence-electron chi connectivity index (χ1n) is 14.4. The molecule has 0 aliphatic carbocycles. The van der Waals surface area contributed by atoms with Gasteiger partial charge in [0.25, 0.3) is 0 Å². The van der Waals surface area contributed by atoms with E-state index >= 15 is 0 Å². The molecular formula is C27H44O6S6. The topological polar surface area (TPSA) is 78.9 Å². The lowest BCUT2D eigenvalue weighted by Gasteiger charge is -2.18. The first-order valence-corrected chi connectivity index (χ1v) is 21.6. The number of ether oxygens (including phenoxy) is 3. The van der Waals surface area contributed by atoms with Crippen molar-refractivity contribution in [2.75, 3.05) is 30.5 Å². The summed E-state index contributed by atoms with van der Waals surface area (Å²) in [6.45, 7) is -0.140. The van der Waals surface area contributed by atoms with E-state index in [1.54, 1.807) is 0 Å². The van der Waals surface area contributed by atoms with Crippen molar-refractivity contribution in [2.24, 2.45) is 0 Å². The first kappa shape index (κ1) is 34.0. The Labute approximate surface area is 258 Å². The van der Waals surface area contributed by atoms with Gasteiger partial charge in [-0.2, -0.15) is 0 Å². The molecule has 3 atom stereocenters. The van der Waals surface area contributed by atoms with Crippen LogP contribution in [-0.4, -0.2) is 70.2 Å². The summed E-state index contributed by atoms with van der Waals surface area (Å²) in [5.74, 6) is 2.77. The molecule has 3 aliphatic heterocycles. The number of unbranched alkanes of at least 4 members (excludes halogenated alkanes) is 3. The number of rotatable bonds is 20. The normalized spacial score (nSPS) is 23.5. The zero-order chi connectivity index (χ0) is 27.5. The molecule has 224 valence electrons. The summed E-state index contributed by atoms with van der Waals surface area (Å²) in [5, 5.41) is 2.12. The van der Waals surface area contributed by atoms with Gasteiger partial charge in [-0.05, 0) is 57.8 Å². The Hall–Kier alpha value is 0.510. The summed E-state index contributed by atoms with van der Waals surface area (Å²) >= 11 is 0. The average molecular weight is 657 g/mol. The molecule has 3 aliphatic rings. The van der Waals surface area contributed by atoms with Crippen molar-refractivity contribution in [3.05, 3.63) is 0 Å².